The highest BCUT2D eigenvalue weighted by molar-refractivity contribution is 7.99. The predicted molar refractivity (Wildman–Crippen MR) is 81.1 cm³/mol. The summed E-state index contributed by atoms with van der Waals surface area (Å²) in [5.74, 6) is -0.0753. The number of hydrogen-bond donors (Lipinski definition) is 3. The second-order valence-electron chi connectivity index (χ2n) is 5.10. The second-order valence-corrected chi connectivity index (χ2v) is 6.37. The maximum atomic E-state index is 11.3. The molecule has 3 N–H and O–H groups in total. The molecule has 2 rings (SSSR count). The van der Waals surface area contributed by atoms with Crippen LogP contribution in [0.3, 0.4) is 0 Å². The van der Waals surface area contributed by atoms with E-state index >= 15 is 0 Å². The second kappa shape index (κ2) is 7.43. The Hall–Kier alpha value is -1.12. The molecule has 4 atom stereocenters. The summed E-state index contributed by atoms with van der Waals surface area (Å²) >= 11 is 1.24. The van der Waals surface area contributed by atoms with Gasteiger partial charge >= 0.3 is 5.97 Å². The maximum Gasteiger partial charge on any atom is 0.303 e. The molecule has 0 bridgehead atoms. The van der Waals surface area contributed by atoms with Crippen LogP contribution in [-0.4, -0.2) is 57.7 Å². The molecule has 0 spiro atoms. The van der Waals surface area contributed by atoms with Crippen LogP contribution in [0.2, 0.25) is 0 Å². The minimum Gasteiger partial charge on any atom is -0.456 e. The van der Waals surface area contributed by atoms with E-state index in [1.165, 1.54) is 18.7 Å². The summed E-state index contributed by atoms with van der Waals surface area (Å²) in [5.41, 5.74) is 1.01. The normalized spacial score (nSPS) is 31.2. The van der Waals surface area contributed by atoms with Crippen LogP contribution in [0.5, 0.6) is 0 Å². The third kappa shape index (κ3) is 3.61. The summed E-state index contributed by atoms with van der Waals surface area (Å²) in [6.07, 6.45) is -3.13. The Morgan fingerprint density at radius 2 is 2.05 bits per heavy atom. The quantitative estimate of drug-likeness (QED) is 0.646. The van der Waals surface area contributed by atoms with Gasteiger partial charge in [0.05, 0.1) is 13.2 Å². The topological polar surface area (TPSA) is 96.2 Å². The molecule has 122 valence electrons. The first-order chi connectivity index (χ1) is 10.5. The Labute approximate surface area is 133 Å². The van der Waals surface area contributed by atoms with Crippen LogP contribution in [0.1, 0.15) is 12.5 Å². The Morgan fingerprint density at radius 1 is 1.36 bits per heavy atom. The molecule has 0 amide bonds. The summed E-state index contributed by atoms with van der Waals surface area (Å²) in [4.78, 5) is 9.98. The van der Waals surface area contributed by atoms with Gasteiger partial charge in [-0.05, 0) is 5.56 Å². The van der Waals surface area contributed by atoms with Crippen molar-refractivity contribution < 1.29 is 29.6 Å². The lowest BCUT2D eigenvalue weighted by Gasteiger charge is -2.31. The van der Waals surface area contributed by atoms with E-state index in [0.717, 1.165) is 5.56 Å². The Kier molecular flexibility index (Phi) is 5.82. The van der Waals surface area contributed by atoms with Crippen molar-refractivity contribution in [2.75, 3.05) is 13.2 Å². The molecular formula is C15H20O6S. The van der Waals surface area contributed by atoms with Gasteiger partial charge in [0.1, 0.15) is 12.2 Å². The SMILES string of the molecule is CC(=O)O[C@H]1[C@H](O)[C@@H](CO)O[C@]1(CO)SCc1ccccc1. The van der Waals surface area contributed by atoms with E-state index in [9.17, 15) is 20.1 Å². The van der Waals surface area contributed by atoms with Gasteiger partial charge in [0.2, 0.25) is 0 Å². The molecule has 1 fully saturated rings. The summed E-state index contributed by atoms with van der Waals surface area (Å²) in [7, 11) is 0. The van der Waals surface area contributed by atoms with Crippen LogP contribution < -0.4 is 0 Å². The fraction of sp³-hybridized carbons (Fsp3) is 0.533. The first-order valence-corrected chi connectivity index (χ1v) is 7.93. The molecule has 0 saturated carbocycles. The lowest BCUT2D eigenvalue weighted by Crippen LogP contribution is -2.46. The minimum atomic E-state index is -1.30. The number of ether oxygens (including phenoxy) is 2. The average molecular weight is 328 g/mol. The third-order valence-electron chi connectivity index (χ3n) is 3.49. The summed E-state index contributed by atoms with van der Waals surface area (Å²) < 4.78 is 10.8. The molecule has 1 aliphatic heterocycles. The van der Waals surface area contributed by atoms with E-state index in [2.05, 4.69) is 0 Å². The Balaban J connectivity index is 2.18. The zero-order valence-corrected chi connectivity index (χ0v) is 13.0. The summed E-state index contributed by atoms with van der Waals surface area (Å²) in [6, 6.07) is 9.54. The van der Waals surface area contributed by atoms with E-state index in [1.54, 1.807) is 0 Å². The van der Waals surface area contributed by atoms with Crippen molar-refractivity contribution in [3.05, 3.63) is 35.9 Å². The monoisotopic (exact) mass is 328 g/mol. The molecule has 1 saturated heterocycles. The standard InChI is InChI=1S/C15H20O6S/c1-10(18)20-14-13(19)12(7-16)21-15(14,9-17)22-8-11-5-3-2-4-6-11/h2-6,12-14,16-17,19H,7-9H2,1H3/t12-,13-,14+,15-/m1/s1. The van der Waals surface area contributed by atoms with Crippen molar-refractivity contribution in [2.45, 2.75) is 35.9 Å². The molecule has 7 heteroatoms. The van der Waals surface area contributed by atoms with Gasteiger partial charge in [-0.15, -0.1) is 11.8 Å². The van der Waals surface area contributed by atoms with E-state index < -0.39 is 42.4 Å². The lowest BCUT2D eigenvalue weighted by molar-refractivity contribution is -0.155. The van der Waals surface area contributed by atoms with Gasteiger partial charge in [-0.2, -0.15) is 0 Å². The molecule has 0 unspecified atom stereocenters. The molecule has 0 aromatic heterocycles. The van der Waals surface area contributed by atoms with Gasteiger partial charge in [-0.1, -0.05) is 30.3 Å². The molecular weight excluding hydrogens is 308 g/mol. The van der Waals surface area contributed by atoms with Gasteiger partial charge in [0, 0.05) is 12.7 Å². The molecule has 1 aromatic carbocycles. The fourth-order valence-electron chi connectivity index (χ4n) is 2.40. The van der Waals surface area contributed by atoms with Crippen LogP contribution in [0, 0.1) is 0 Å². The number of esters is 1. The Morgan fingerprint density at radius 3 is 2.59 bits per heavy atom. The number of aliphatic hydroxyl groups is 3. The van der Waals surface area contributed by atoms with Gasteiger partial charge in [0.25, 0.3) is 0 Å². The highest BCUT2D eigenvalue weighted by atomic mass is 32.2. The van der Waals surface area contributed by atoms with Crippen molar-refractivity contribution in [1.29, 1.82) is 0 Å². The van der Waals surface area contributed by atoms with Crippen molar-refractivity contribution in [2.24, 2.45) is 0 Å². The number of thioether (sulfide) groups is 1. The van der Waals surface area contributed by atoms with Crippen molar-refractivity contribution in [3.63, 3.8) is 0 Å². The highest BCUT2D eigenvalue weighted by Gasteiger charge is 2.56. The highest BCUT2D eigenvalue weighted by Crippen LogP contribution is 2.43. The fourth-order valence-corrected chi connectivity index (χ4v) is 3.64. The summed E-state index contributed by atoms with van der Waals surface area (Å²) in [5, 5.41) is 29.2. The van der Waals surface area contributed by atoms with Crippen LogP contribution in [0.4, 0.5) is 0 Å². The van der Waals surface area contributed by atoms with Crippen molar-refractivity contribution in [3.8, 4) is 0 Å². The molecule has 6 nitrogen and oxygen atoms in total. The zero-order chi connectivity index (χ0) is 16.2. The summed E-state index contributed by atoms with van der Waals surface area (Å²) in [6.45, 7) is 0.353. The third-order valence-corrected chi connectivity index (χ3v) is 4.92. The van der Waals surface area contributed by atoms with Gasteiger partial charge in [-0.3, -0.25) is 4.79 Å². The number of aliphatic hydroxyl groups excluding tert-OH is 3. The molecule has 0 radical (unpaired) electrons. The molecule has 1 aliphatic rings. The number of hydrogen-bond acceptors (Lipinski definition) is 7. The van der Waals surface area contributed by atoms with Crippen LogP contribution >= 0.6 is 11.8 Å². The predicted octanol–water partition coefficient (Wildman–Crippen LogP) is 0.292. The van der Waals surface area contributed by atoms with E-state index in [1.807, 2.05) is 30.3 Å². The van der Waals surface area contributed by atoms with E-state index in [-0.39, 0.29) is 0 Å². The zero-order valence-electron chi connectivity index (χ0n) is 12.2. The van der Waals surface area contributed by atoms with Crippen LogP contribution in [0.25, 0.3) is 0 Å². The maximum absolute atomic E-state index is 11.3. The first-order valence-electron chi connectivity index (χ1n) is 6.95. The molecule has 1 heterocycles. The first kappa shape index (κ1) is 17.2. The number of carbonyl (C=O) groups is 1. The molecule has 1 aromatic rings. The van der Waals surface area contributed by atoms with Crippen molar-refractivity contribution in [1.82, 2.24) is 0 Å². The number of benzene rings is 1. The van der Waals surface area contributed by atoms with Crippen LogP contribution in [0.15, 0.2) is 30.3 Å². The van der Waals surface area contributed by atoms with Gasteiger partial charge < -0.3 is 24.8 Å². The van der Waals surface area contributed by atoms with Crippen molar-refractivity contribution >= 4 is 17.7 Å². The molecule has 0 aliphatic carbocycles. The number of rotatable bonds is 6. The van der Waals surface area contributed by atoms with Crippen LogP contribution in [-0.2, 0) is 20.0 Å². The largest absolute Gasteiger partial charge is 0.456 e. The minimum absolute atomic E-state index is 0.424. The smallest absolute Gasteiger partial charge is 0.303 e. The number of carbonyl (C=O) groups excluding carboxylic acids is 1. The van der Waals surface area contributed by atoms with E-state index in [0.29, 0.717) is 5.75 Å². The average Bonchev–Trinajstić information content (AvgIpc) is 2.79. The molecule has 22 heavy (non-hydrogen) atoms. The van der Waals surface area contributed by atoms with Gasteiger partial charge in [-0.25, -0.2) is 0 Å². The van der Waals surface area contributed by atoms with E-state index in [4.69, 9.17) is 9.47 Å². The Bertz CT molecular complexity index is 496. The lowest BCUT2D eigenvalue weighted by atomic mass is 10.1. The van der Waals surface area contributed by atoms with Gasteiger partial charge in [0.15, 0.2) is 11.0 Å².